The molecule has 0 radical (unpaired) electrons. The number of carbonyl (C=O) groups excluding carboxylic acids is 1. The van der Waals surface area contributed by atoms with Crippen LogP contribution in [0.15, 0.2) is 29.4 Å². The molecule has 1 aromatic carbocycles. The van der Waals surface area contributed by atoms with Gasteiger partial charge in [0.1, 0.15) is 6.04 Å². The van der Waals surface area contributed by atoms with Crippen molar-refractivity contribution in [1.29, 1.82) is 0 Å². The number of carbonyl (C=O) groups is 1. The lowest BCUT2D eigenvalue weighted by molar-refractivity contribution is -0.384. The van der Waals surface area contributed by atoms with Crippen LogP contribution in [-0.2, 0) is 4.79 Å². The van der Waals surface area contributed by atoms with E-state index in [2.05, 4.69) is 35.2 Å². The Morgan fingerprint density at radius 3 is 2.91 bits per heavy atom. The van der Waals surface area contributed by atoms with Gasteiger partial charge in [-0.15, -0.1) is 0 Å². The molecule has 0 aliphatic carbocycles. The number of rotatable bonds is 5. The predicted octanol–water partition coefficient (Wildman–Crippen LogP) is 0.936. The number of hydrogen-bond donors (Lipinski definition) is 3. The molecule has 2 rings (SSSR count). The number of amides is 1. The summed E-state index contributed by atoms with van der Waals surface area (Å²) in [6, 6.07) is 5.94. The quantitative estimate of drug-likeness (QED) is 0.426. The lowest BCUT2D eigenvalue weighted by Crippen LogP contribution is -2.42. The Bertz CT molecular complexity index is 588. The molecule has 1 aromatic rings. The minimum Gasteiger partial charge on any atom is -0.271 e. The van der Waals surface area contributed by atoms with Crippen LogP contribution in [-0.4, -0.2) is 29.1 Å². The average Bonchev–Trinajstić information content (AvgIpc) is 2.97. The van der Waals surface area contributed by atoms with E-state index < -0.39 is 4.92 Å². The molecule has 0 spiro atoms. The maximum absolute atomic E-state index is 11.9. The highest BCUT2D eigenvalue weighted by Crippen LogP contribution is 2.13. The summed E-state index contributed by atoms with van der Waals surface area (Å²) in [4.78, 5) is 22.1. The lowest BCUT2D eigenvalue weighted by Gasteiger charge is -2.12. The molecule has 1 fully saturated rings. The van der Waals surface area contributed by atoms with Gasteiger partial charge in [0.2, 0.25) is 0 Å². The molecule has 0 aromatic heterocycles. The average molecular weight is 305 g/mol. The van der Waals surface area contributed by atoms with Crippen LogP contribution in [0.1, 0.15) is 25.8 Å². The SMILES string of the molecule is CC(C)C1CC(C(=O)N/N=C/c2cccc([N+](=O)[O-])c2)NN1. The van der Waals surface area contributed by atoms with Crippen molar-refractivity contribution >= 4 is 17.8 Å². The van der Waals surface area contributed by atoms with Gasteiger partial charge in [-0.2, -0.15) is 5.10 Å². The number of nitro benzene ring substituents is 1. The Morgan fingerprint density at radius 2 is 2.27 bits per heavy atom. The van der Waals surface area contributed by atoms with Crippen LogP contribution in [0.4, 0.5) is 5.69 Å². The van der Waals surface area contributed by atoms with E-state index in [1.807, 2.05) is 0 Å². The molecule has 2 unspecified atom stereocenters. The summed E-state index contributed by atoms with van der Waals surface area (Å²) in [5, 5.41) is 14.5. The number of hydrazine groups is 1. The van der Waals surface area contributed by atoms with E-state index in [0.717, 1.165) is 0 Å². The highest BCUT2D eigenvalue weighted by atomic mass is 16.6. The van der Waals surface area contributed by atoms with Crippen molar-refractivity contribution in [2.45, 2.75) is 32.4 Å². The zero-order valence-corrected chi connectivity index (χ0v) is 12.4. The van der Waals surface area contributed by atoms with Crippen molar-refractivity contribution in [2.24, 2.45) is 11.0 Å². The lowest BCUT2D eigenvalue weighted by atomic mass is 9.99. The molecule has 118 valence electrons. The van der Waals surface area contributed by atoms with Crippen molar-refractivity contribution < 1.29 is 9.72 Å². The third-order valence-corrected chi connectivity index (χ3v) is 3.52. The van der Waals surface area contributed by atoms with Gasteiger partial charge in [-0.25, -0.2) is 10.9 Å². The fourth-order valence-electron chi connectivity index (χ4n) is 2.16. The first-order valence-electron chi connectivity index (χ1n) is 7.06. The molecular formula is C14H19N5O3. The van der Waals surface area contributed by atoms with Crippen LogP contribution in [0.2, 0.25) is 0 Å². The van der Waals surface area contributed by atoms with Gasteiger partial charge in [0.15, 0.2) is 0 Å². The Kier molecular flexibility index (Phi) is 5.18. The largest absolute Gasteiger partial charge is 0.271 e. The Morgan fingerprint density at radius 1 is 1.50 bits per heavy atom. The summed E-state index contributed by atoms with van der Waals surface area (Å²) in [5.74, 6) is 0.191. The molecule has 1 aliphatic heterocycles. The van der Waals surface area contributed by atoms with E-state index in [4.69, 9.17) is 0 Å². The Balaban J connectivity index is 1.88. The number of nitrogens with one attached hydrogen (secondary N) is 3. The van der Waals surface area contributed by atoms with E-state index in [-0.39, 0.29) is 23.7 Å². The van der Waals surface area contributed by atoms with Crippen LogP contribution in [0.5, 0.6) is 0 Å². The second-order valence-electron chi connectivity index (χ2n) is 5.51. The zero-order valence-electron chi connectivity index (χ0n) is 12.4. The van der Waals surface area contributed by atoms with E-state index in [9.17, 15) is 14.9 Å². The molecule has 1 amide bonds. The molecule has 2 atom stereocenters. The summed E-state index contributed by atoms with van der Waals surface area (Å²) in [6.45, 7) is 4.17. The second kappa shape index (κ2) is 7.10. The molecule has 1 aliphatic rings. The molecular weight excluding hydrogens is 286 g/mol. The summed E-state index contributed by atoms with van der Waals surface area (Å²) < 4.78 is 0. The second-order valence-corrected chi connectivity index (χ2v) is 5.51. The third kappa shape index (κ3) is 4.09. The number of nitrogens with zero attached hydrogens (tertiary/aromatic N) is 2. The minimum absolute atomic E-state index is 0.0169. The van der Waals surface area contributed by atoms with Crippen molar-refractivity contribution in [3.05, 3.63) is 39.9 Å². The molecule has 8 nitrogen and oxygen atoms in total. The Labute approximate surface area is 128 Å². The summed E-state index contributed by atoms with van der Waals surface area (Å²) in [6.07, 6.45) is 2.07. The van der Waals surface area contributed by atoms with Crippen molar-refractivity contribution in [3.8, 4) is 0 Å². The van der Waals surface area contributed by atoms with Gasteiger partial charge >= 0.3 is 0 Å². The third-order valence-electron chi connectivity index (χ3n) is 3.52. The van der Waals surface area contributed by atoms with Crippen LogP contribution < -0.4 is 16.3 Å². The smallest absolute Gasteiger partial charge is 0.270 e. The van der Waals surface area contributed by atoms with Crippen molar-refractivity contribution in [1.82, 2.24) is 16.3 Å². The highest BCUT2D eigenvalue weighted by molar-refractivity contribution is 5.85. The zero-order chi connectivity index (χ0) is 16.1. The van der Waals surface area contributed by atoms with Crippen LogP contribution in [0, 0.1) is 16.0 Å². The molecule has 1 heterocycles. The van der Waals surface area contributed by atoms with Gasteiger partial charge in [0, 0.05) is 23.7 Å². The predicted molar refractivity (Wildman–Crippen MR) is 82.1 cm³/mol. The molecule has 0 bridgehead atoms. The first-order chi connectivity index (χ1) is 10.5. The standard InChI is InChI=1S/C14H19N5O3/c1-9(2)12-7-13(17-16-12)14(20)18-15-8-10-4-3-5-11(6-10)19(21)22/h3-6,8-9,12-13,16-17H,7H2,1-2H3,(H,18,20)/b15-8+. The Hall–Kier alpha value is -2.32. The first-order valence-corrected chi connectivity index (χ1v) is 7.06. The number of non-ortho nitro benzene ring substituents is 1. The number of hydrazone groups is 1. The van der Waals surface area contributed by atoms with Crippen LogP contribution in [0.3, 0.4) is 0 Å². The topological polar surface area (TPSA) is 109 Å². The summed E-state index contributed by atoms with van der Waals surface area (Å²) in [7, 11) is 0. The monoisotopic (exact) mass is 305 g/mol. The maximum Gasteiger partial charge on any atom is 0.270 e. The van der Waals surface area contributed by atoms with Crippen LogP contribution in [0.25, 0.3) is 0 Å². The van der Waals surface area contributed by atoms with Gasteiger partial charge in [-0.1, -0.05) is 26.0 Å². The molecule has 22 heavy (non-hydrogen) atoms. The maximum atomic E-state index is 11.9. The van der Waals surface area contributed by atoms with E-state index in [1.165, 1.54) is 18.3 Å². The number of nitro groups is 1. The molecule has 0 saturated carbocycles. The van der Waals surface area contributed by atoms with Crippen LogP contribution >= 0.6 is 0 Å². The van der Waals surface area contributed by atoms with Gasteiger partial charge in [0.25, 0.3) is 11.6 Å². The van der Waals surface area contributed by atoms with Gasteiger partial charge < -0.3 is 0 Å². The van der Waals surface area contributed by atoms with Crippen molar-refractivity contribution in [3.63, 3.8) is 0 Å². The van der Waals surface area contributed by atoms with E-state index in [1.54, 1.807) is 12.1 Å². The number of hydrogen-bond acceptors (Lipinski definition) is 6. The van der Waals surface area contributed by atoms with Gasteiger partial charge in [-0.3, -0.25) is 20.3 Å². The number of benzene rings is 1. The summed E-state index contributed by atoms with van der Waals surface area (Å²) >= 11 is 0. The molecule has 1 saturated heterocycles. The van der Waals surface area contributed by atoms with Gasteiger partial charge in [0.05, 0.1) is 11.1 Å². The normalized spacial score (nSPS) is 21.4. The fraction of sp³-hybridized carbons (Fsp3) is 0.429. The molecule has 8 heteroatoms. The summed E-state index contributed by atoms with van der Waals surface area (Å²) in [5.41, 5.74) is 8.98. The van der Waals surface area contributed by atoms with E-state index in [0.29, 0.717) is 17.9 Å². The minimum atomic E-state index is -0.476. The molecule has 3 N–H and O–H groups in total. The van der Waals surface area contributed by atoms with E-state index >= 15 is 0 Å². The highest BCUT2D eigenvalue weighted by Gasteiger charge is 2.30. The first kappa shape index (κ1) is 16.1. The van der Waals surface area contributed by atoms with Gasteiger partial charge in [-0.05, 0) is 12.3 Å². The van der Waals surface area contributed by atoms with Crippen molar-refractivity contribution in [2.75, 3.05) is 0 Å². The fourth-order valence-corrected chi connectivity index (χ4v) is 2.16.